The molecule has 0 aliphatic heterocycles. The number of aliphatic carboxylic acids is 1. The highest BCUT2D eigenvalue weighted by atomic mass is 16.5. The van der Waals surface area contributed by atoms with Gasteiger partial charge in [0.05, 0.1) is 6.10 Å². The number of ether oxygens (including phenoxy) is 1. The zero-order chi connectivity index (χ0) is 13.1. The monoisotopic (exact) mass is 242 g/mol. The fourth-order valence-electron chi connectivity index (χ4n) is 2.62. The van der Waals surface area contributed by atoms with E-state index in [9.17, 15) is 9.90 Å². The van der Waals surface area contributed by atoms with Crippen LogP contribution in [0.4, 0.5) is 0 Å². The van der Waals surface area contributed by atoms with Crippen LogP contribution in [0.1, 0.15) is 59.8 Å². The third kappa shape index (κ3) is 3.44. The van der Waals surface area contributed by atoms with E-state index in [1.807, 2.05) is 13.8 Å². The number of carboxylic acids is 1. The van der Waals surface area contributed by atoms with Crippen molar-refractivity contribution in [3.05, 3.63) is 0 Å². The molecule has 1 aliphatic carbocycles. The van der Waals surface area contributed by atoms with Gasteiger partial charge in [0, 0.05) is 0 Å². The second-order valence-corrected chi connectivity index (χ2v) is 5.72. The van der Waals surface area contributed by atoms with E-state index in [-0.39, 0.29) is 6.10 Å². The molecule has 0 heterocycles. The molecule has 1 aliphatic rings. The van der Waals surface area contributed by atoms with E-state index >= 15 is 0 Å². The molecule has 1 saturated carbocycles. The SMILES string of the molecule is CCC(C)OC1(C(=O)O)CCC(C(C)C)CC1. The van der Waals surface area contributed by atoms with Crippen molar-refractivity contribution in [1.82, 2.24) is 0 Å². The highest BCUT2D eigenvalue weighted by Crippen LogP contribution is 2.39. The predicted molar refractivity (Wildman–Crippen MR) is 68.0 cm³/mol. The van der Waals surface area contributed by atoms with Crippen LogP contribution in [0.25, 0.3) is 0 Å². The van der Waals surface area contributed by atoms with Gasteiger partial charge in [-0.15, -0.1) is 0 Å². The Morgan fingerprint density at radius 3 is 2.24 bits per heavy atom. The van der Waals surface area contributed by atoms with Crippen LogP contribution in [0.15, 0.2) is 0 Å². The van der Waals surface area contributed by atoms with E-state index in [2.05, 4.69) is 13.8 Å². The maximum absolute atomic E-state index is 11.5. The van der Waals surface area contributed by atoms with Gasteiger partial charge in [-0.2, -0.15) is 0 Å². The molecule has 1 fully saturated rings. The van der Waals surface area contributed by atoms with Crippen LogP contribution in [0, 0.1) is 11.8 Å². The standard InChI is InChI=1S/C14H26O3/c1-5-11(4)17-14(13(15)16)8-6-12(7-9-14)10(2)3/h10-12H,5-9H2,1-4H3,(H,15,16). The van der Waals surface area contributed by atoms with Crippen molar-refractivity contribution in [2.75, 3.05) is 0 Å². The lowest BCUT2D eigenvalue weighted by atomic mass is 9.74. The third-order valence-electron chi connectivity index (χ3n) is 4.17. The molecule has 0 aromatic heterocycles. The summed E-state index contributed by atoms with van der Waals surface area (Å²) in [7, 11) is 0. The van der Waals surface area contributed by atoms with Gasteiger partial charge in [0.25, 0.3) is 0 Å². The summed E-state index contributed by atoms with van der Waals surface area (Å²) in [6, 6.07) is 0. The van der Waals surface area contributed by atoms with Gasteiger partial charge in [-0.25, -0.2) is 4.79 Å². The molecule has 1 rings (SSSR count). The Hall–Kier alpha value is -0.570. The number of hydrogen-bond acceptors (Lipinski definition) is 2. The zero-order valence-electron chi connectivity index (χ0n) is 11.5. The molecule has 0 bridgehead atoms. The maximum atomic E-state index is 11.5. The molecule has 3 heteroatoms. The van der Waals surface area contributed by atoms with Gasteiger partial charge in [0.1, 0.15) is 0 Å². The second-order valence-electron chi connectivity index (χ2n) is 5.72. The van der Waals surface area contributed by atoms with Crippen LogP contribution < -0.4 is 0 Å². The number of rotatable bonds is 5. The lowest BCUT2D eigenvalue weighted by Crippen LogP contribution is -2.47. The zero-order valence-corrected chi connectivity index (χ0v) is 11.5. The van der Waals surface area contributed by atoms with Gasteiger partial charge >= 0.3 is 5.97 Å². The van der Waals surface area contributed by atoms with Crippen molar-refractivity contribution < 1.29 is 14.6 Å². The van der Waals surface area contributed by atoms with E-state index in [0.29, 0.717) is 24.7 Å². The van der Waals surface area contributed by atoms with Gasteiger partial charge in [0.2, 0.25) is 0 Å². The van der Waals surface area contributed by atoms with Gasteiger partial charge in [-0.1, -0.05) is 20.8 Å². The van der Waals surface area contributed by atoms with E-state index in [4.69, 9.17) is 4.74 Å². The molecule has 1 atom stereocenters. The van der Waals surface area contributed by atoms with E-state index in [1.54, 1.807) is 0 Å². The van der Waals surface area contributed by atoms with E-state index in [0.717, 1.165) is 19.3 Å². The number of carbonyl (C=O) groups is 1. The quantitative estimate of drug-likeness (QED) is 0.803. The van der Waals surface area contributed by atoms with Gasteiger partial charge in [-0.05, 0) is 50.9 Å². The average Bonchev–Trinajstić information content (AvgIpc) is 2.29. The minimum absolute atomic E-state index is 0.0294. The summed E-state index contributed by atoms with van der Waals surface area (Å²) in [5.74, 6) is 0.522. The topological polar surface area (TPSA) is 46.5 Å². The van der Waals surface area contributed by atoms with Crippen LogP contribution in [0.3, 0.4) is 0 Å². The Morgan fingerprint density at radius 2 is 1.88 bits per heavy atom. The van der Waals surface area contributed by atoms with Crippen molar-refractivity contribution in [2.45, 2.75) is 71.5 Å². The average molecular weight is 242 g/mol. The molecule has 100 valence electrons. The minimum atomic E-state index is -0.916. The maximum Gasteiger partial charge on any atom is 0.335 e. The van der Waals surface area contributed by atoms with Crippen LogP contribution in [0.5, 0.6) is 0 Å². The number of hydrogen-bond donors (Lipinski definition) is 1. The first-order chi connectivity index (χ1) is 7.91. The summed E-state index contributed by atoms with van der Waals surface area (Å²) in [5, 5.41) is 9.43. The van der Waals surface area contributed by atoms with Crippen molar-refractivity contribution in [2.24, 2.45) is 11.8 Å². The van der Waals surface area contributed by atoms with Gasteiger partial charge in [-0.3, -0.25) is 0 Å². The van der Waals surface area contributed by atoms with Crippen molar-refractivity contribution in [3.8, 4) is 0 Å². The van der Waals surface area contributed by atoms with Crippen molar-refractivity contribution >= 4 is 5.97 Å². The summed E-state index contributed by atoms with van der Waals surface area (Å²) < 4.78 is 5.82. The molecule has 0 spiro atoms. The molecular weight excluding hydrogens is 216 g/mol. The Bertz CT molecular complexity index is 252. The number of carboxylic acid groups (broad SMARTS) is 1. The van der Waals surface area contributed by atoms with Gasteiger partial charge < -0.3 is 9.84 Å². The first kappa shape index (κ1) is 14.5. The lowest BCUT2D eigenvalue weighted by molar-refractivity contribution is -0.181. The molecule has 1 N–H and O–H groups in total. The Kier molecular flexibility index (Phi) is 4.99. The summed E-state index contributed by atoms with van der Waals surface area (Å²) in [6.45, 7) is 8.42. The molecule has 0 amide bonds. The Balaban J connectivity index is 2.67. The molecule has 0 saturated heterocycles. The van der Waals surface area contributed by atoms with Crippen LogP contribution >= 0.6 is 0 Å². The molecule has 1 unspecified atom stereocenters. The van der Waals surface area contributed by atoms with E-state index in [1.165, 1.54) is 0 Å². The molecule has 3 nitrogen and oxygen atoms in total. The van der Waals surface area contributed by atoms with E-state index < -0.39 is 11.6 Å². The normalized spacial score (nSPS) is 31.5. The van der Waals surface area contributed by atoms with Gasteiger partial charge in [0.15, 0.2) is 5.60 Å². The smallest absolute Gasteiger partial charge is 0.335 e. The Labute approximate surface area is 105 Å². The molecule has 17 heavy (non-hydrogen) atoms. The first-order valence-corrected chi connectivity index (χ1v) is 6.82. The fourth-order valence-corrected chi connectivity index (χ4v) is 2.62. The first-order valence-electron chi connectivity index (χ1n) is 6.82. The minimum Gasteiger partial charge on any atom is -0.479 e. The second kappa shape index (κ2) is 5.85. The fraction of sp³-hybridized carbons (Fsp3) is 0.929. The van der Waals surface area contributed by atoms with Crippen LogP contribution in [0.2, 0.25) is 0 Å². The summed E-state index contributed by atoms with van der Waals surface area (Å²) >= 11 is 0. The predicted octanol–water partition coefficient (Wildman–Crippen LogP) is 3.47. The lowest BCUT2D eigenvalue weighted by Gasteiger charge is -2.39. The Morgan fingerprint density at radius 1 is 1.35 bits per heavy atom. The molecule has 0 aromatic rings. The highest BCUT2D eigenvalue weighted by molar-refractivity contribution is 5.77. The van der Waals surface area contributed by atoms with Crippen LogP contribution in [-0.2, 0) is 9.53 Å². The third-order valence-corrected chi connectivity index (χ3v) is 4.17. The largest absolute Gasteiger partial charge is 0.479 e. The highest BCUT2D eigenvalue weighted by Gasteiger charge is 2.44. The summed E-state index contributed by atoms with van der Waals surface area (Å²) in [6.07, 6.45) is 4.16. The molecule has 0 aromatic carbocycles. The summed E-state index contributed by atoms with van der Waals surface area (Å²) in [5.41, 5.74) is -0.916. The summed E-state index contributed by atoms with van der Waals surface area (Å²) in [4.78, 5) is 11.5. The van der Waals surface area contributed by atoms with Crippen molar-refractivity contribution in [3.63, 3.8) is 0 Å². The van der Waals surface area contributed by atoms with Crippen LogP contribution in [-0.4, -0.2) is 22.8 Å². The molecular formula is C14H26O3. The van der Waals surface area contributed by atoms with Crippen molar-refractivity contribution in [1.29, 1.82) is 0 Å². The molecule has 0 radical (unpaired) electrons.